The predicted octanol–water partition coefficient (Wildman–Crippen LogP) is 2.27. The van der Waals surface area contributed by atoms with Crippen LogP contribution in [-0.2, 0) is 19.6 Å². The van der Waals surface area contributed by atoms with Gasteiger partial charge in [0, 0.05) is 42.6 Å². The maximum Gasteiger partial charge on any atom is 0.240 e. The first-order chi connectivity index (χ1) is 13.9. The maximum absolute atomic E-state index is 12.4. The summed E-state index contributed by atoms with van der Waals surface area (Å²) >= 11 is 3.29. The number of benzene rings is 1. The van der Waals surface area contributed by atoms with Gasteiger partial charge in [-0.1, -0.05) is 35.2 Å². The van der Waals surface area contributed by atoms with Crippen LogP contribution >= 0.6 is 15.9 Å². The molecule has 0 aromatic heterocycles. The van der Waals surface area contributed by atoms with Crippen LogP contribution in [0.1, 0.15) is 38.5 Å². The third-order valence-corrected chi connectivity index (χ3v) is 7.85. The number of carbonyl (C=O) groups excluding carboxylic acids is 1. The third-order valence-electron chi connectivity index (χ3n) is 5.85. The van der Waals surface area contributed by atoms with E-state index in [4.69, 9.17) is 4.74 Å². The van der Waals surface area contributed by atoms with Crippen molar-refractivity contribution in [1.29, 1.82) is 0 Å². The monoisotopic (exact) mass is 487 g/mol. The second kappa shape index (κ2) is 10.3. The fourth-order valence-corrected chi connectivity index (χ4v) is 5.50. The van der Waals surface area contributed by atoms with Gasteiger partial charge < -0.3 is 10.1 Å². The number of nitrogens with zero attached hydrogens (tertiary/aromatic N) is 1. The normalized spacial score (nSPS) is 20.3. The second-order valence-electron chi connectivity index (χ2n) is 7.76. The molecule has 0 atom stereocenters. The molecular formula is C20H30BrN3O4S. The minimum absolute atomic E-state index is 0.00855. The SMILES string of the molecule is O=C(CCNS(=O)(=O)c1ccc(Br)cc1)NCC1(N2CCOCC2)CCCCC1. The van der Waals surface area contributed by atoms with Crippen molar-refractivity contribution in [3.63, 3.8) is 0 Å². The van der Waals surface area contributed by atoms with E-state index in [1.165, 1.54) is 31.4 Å². The fraction of sp³-hybridized carbons (Fsp3) is 0.650. The number of sulfonamides is 1. The first kappa shape index (κ1) is 22.7. The van der Waals surface area contributed by atoms with Gasteiger partial charge in [-0.3, -0.25) is 9.69 Å². The summed E-state index contributed by atoms with van der Waals surface area (Å²) in [6.45, 7) is 3.99. The van der Waals surface area contributed by atoms with Gasteiger partial charge in [-0.2, -0.15) is 0 Å². The van der Waals surface area contributed by atoms with Crippen molar-refractivity contribution in [2.75, 3.05) is 39.4 Å². The van der Waals surface area contributed by atoms with Crippen molar-refractivity contribution in [3.8, 4) is 0 Å². The van der Waals surface area contributed by atoms with Crippen molar-refractivity contribution in [1.82, 2.24) is 14.9 Å². The van der Waals surface area contributed by atoms with Crippen LogP contribution in [0.5, 0.6) is 0 Å². The van der Waals surface area contributed by atoms with E-state index < -0.39 is 10.0 Å². The minimum Gasteiger partial charge on any atom is -0.379 e. The van der Waals surface area contributed by atoms with Crippen LogP contribution in [0, 0.1) is 0 Å². The van der Waals surface area contributed by atoms with E-state index >= 15 is 0 Å². The lowest BCUT2D eigenvalue weighted by Crippen LogP contribution is -2.59. The zero-order valence-electron chi connectivity index (χ0n) is 16.7. The Morgan fingerprint density at radius 2 is 1.76 bits per heavy atom. The van der Waals surface area contributed by atoms with Gasteiger partial charge in [0.2, 0.25) is 15.9 Å². The molecule has 1 saturated carbocycles. The van der Waals surface area contributed by atoms with Crippen LogP contribution in [0.25, 0.3) is 0 Å². The Morgan fingerprint density at radius 3 is 2.41 bits per heavy atom. The number of carbonyl (C=O) groups is 1. The van der Waals surface area contributed by atoms with Crippen molar-refractivity contribution >= 4 is 31.9 Å². The Hall–Kier alpha value is -1.00. The smallest absolute Gasteiger partial charge is 0.240 e. The average Bonchev–Trinajstić information content (AvgIpc) is 2.74. The molecule has 0 spiro atoms. The molecule has 1 aromatic carbocycles. The Balaban J connectivity index is 1.48. The van der Waals surface area contributed by atoms with Crippen LogP contribution in [-0.4, -0.2) is 64.2 Å². The number of hydrogen-bond acceptors (Lipinski definition) is 5. The molecule has 1 aromatic rings. The molecule has 3 rings (SSSR count). The lowest BCUT2D eigenvalue weighted by atomic mass is 9.79. The molecule has 2 N–H and O–H groups in total. The molecule has 1 aliphatic heterocycles. The summed E-state index contributed by atoms with van der Waals surface area (Å²) in [4.78, 5) is 15.1. The van der Waals surface area contributed by atoms with Crippen molar-refractivity contribution < 1.29 is 17.9 Å². The van der Waals surface area contributed by atoms with Crippen LogP contribution in [0.15, 0.2) is 33.6 Å². The number of hydrogen-bond donors (Lipinski definition) is 2. The zero-order valence-corrected chi connectivity index (χ0v) is 19.1. The number of morpholine rings is 1. The summed E-state index contributed by atoms with van der Waals surface area (Å²) < 4.78 is 33.4. The highest BCUT2D eigenvalue weighted by molar-refractivity contribution is 9.10. The van der Waals surface area contributed by atoms with E-state index in [1.807, 2.05) is 0 Å². The number of rotatable bonds is 8. The molecule has 1 heterocycles. The third kappa shape index (κ3) is 6.24. The summed E-state index contributed by atoms with van der Waals surface area (Å²) in [7, 11) is -3.61. The highest BCUT2D eigenvalue weighted by Crippen LogP contribution is 2.33. The summed E-state index contributed by atoms with van der Waals surface area (Å²) in [5.41, 5.74) is 0.00855. The van der Waals surface area contributed by atoms with Gasteiger partial charge in [0.05, 0.1) is 18.1 Å². The standard InChI is InChI=1S/C20H30BrN3O4S/c21-17-4-6-18(7-5-17)29(26,27)23-11-8-19(25)22-16-20(9-2-1-3-10-20)24-12-14-28-15-13-24/h4-7,23H,1-3,8-16H2,(H,22,25). The van der Waals surface area contributed by atoms with Gasteiger partial charge in [-0.15, -0.1) is 0 Å². The van der Waals surface area contributed by atoms with Gasteiger partial charge >= 0.3 is 0 Å². The Bertz CT molecular complexity index is 773. The molecular weight excluding hydrogens is 458 g/mol. The van der Waals surface area contributed by atoms with E-state index in [9.17, 15) is 13.2 Å². The Morgan fingerprint density at radius 1 is 1.10 bits per heavy atom. The van der Waals surface area contributed by atoms with Gasteiger partial charge in [-0.05, 0) is 37.1 Å². The fourth-order valence-electron chi connectivity index (χ4n) is 4.20. The maximum atomic E-state index is 12.4. The average molecular weight is 488 g/mol. The molecule has 2 aliphatic rings. The summed E-state index contributed by atoms with van der Waals surface area (Å²) in [6, 6.07) is 6.41. The first-order valence-corrected chi connectivity index (χ1v) is 12.5. The van der Waals surface area contributed by atoms with Crippen LogP contribution in [0.3, 0.4) is 0 Å². The van der Waals surface area contributed by atoms with E-state index in [1.54, 1.807) is 12.1 Å². The van der Waals surface area contributed by atoms with Gasteiger partial charge in [-0.25, -0.2) is 13.1 Å². The largest absolute Gasteiger partial charge is 0.379 e. The van der Waals surface area contributed by atoms with Crippen LogP contribution in [0.2, 0.25) is 0 Å². The van der Waals surface area contributed by atoms with Crippen molar-refractivity contribution in [3.05, 3.63) is 28.7 Å². The molecule has 2 fully saturated rings. The highest BCUT2D eigenvalue weighted by Gasteiger charge is 2.38. The lowest BCUT2D eigenvalue weighted by molar-refractivity contribution is -0.122. The number of nitrogens with one attached hydrogen (secondary N) is 2. The summed E-state index contributed by atoms with van der Waals surface area (Å²) in [5, 5.41) is 3.06. The quantitative estimate of drug-likeness (QED) is 0.587. The van der Waals surface area contributed by atoms with Gasteiger partial charge in [0.1, 0.15) is 0 Å². The number of amides is 1. The Labute approximate surface area is 181 Å². The molecule has 1 saturated heterocycles. The van der Waals surface area contributed by atoms with Crippen molar-refractivity contribution in [2.45, 2.75) is 49.0 Å². The summed E-state index contributed by atoms with van der Waals surface area (Å²) in [6.07, 6.45) is 5.90. The second-order valence-corrected chi connectivity index (χ2v) is 10.4. The summed E-state index contributed by atoms with van der Waals surface area (Å²) in [5.74, 6) is -0.123. The molecule has 0 unspecified atom stereocenters. The van der Waals surface area contributed by atoms with Crippen LogP contribution < -0.4 is 10.0 Å². The topological polar surface area (TPSA) is 87.7 Å². The molecule has 29 heavy (non-hydrogen) atoms. The van der Waals surface area contributed by atoms with Gasteiger partial charge in [0.15, 0.2) is 0 Å². The van der Waals surface area contributed by atoms with E-state index in [0.717, 1.165) is 43.6 Å². The van der Waals surface area contributed by atoms with Crippen molar-refractivity contribution in [2.24, 2.45) is 0 Å². The van der Waals surface area contributed by atoms with E-state index in [-0.39, 0.29) is 29.3 Å². The lowest BCUT2D eigenvalue weighted by Gasteiger charge is -2.48. The molecule has 1 amide bonds. The Kier molecular flexibility index (Phi) is 8.09. The zero-order chi connectivity index (χ0) is 20.7. The molecule has 1 aliphatic carbocycles. The van der Waals surface area contributed by atoms with Gasteiger partial charge in [0.25, 0.3) is 0 Å². The van der Waals surface area contributed by atoms with E-state index in [0.29, 0.717) is 6.54 Å². The number of ether oxygens (including phenoxy) is 1. The van der Waals surface area contributed by atoms with Crippen LogP contribution in [0.4, 0.5) is 0 Å². The van der Waals surface area contributed by atoms with E-state index in [2.05, 4.69) is 30.9 Å². The molecule has 162 valence electrons. The molecule has 0 bridgehead atoms. The molecule has 9 heteroatoms. The molecule has 0 radical (unpaired) electrons. The highest BCUT2D eigenvalue weighted by atomic mass is 79.9. The predicted molar refractivity (Wildman–Crippen MR) is 115 cm³/mol. The molecule has 7 nitrogen and oxygen atoms in total. The minimum atomic E-state index is -3.61. The first-order valence-electron chi connectivity index (χ1n) is 10.3. The number of halogens is 1.